The van der Waals surface area contributed by atoms with Crippen LogP contribution in [0.1, 0.15) is 38.8 Å². The SMILES string of the molecule is COC(=O)N[C@H](C(=O)N[C@@H](Cc1ccccc1)[C@@H](O)CN(Cc1ccc(-c2cncs2)cc1)NC(=O)[C@@H](NC(=O)OC)C(C)C)C(C)C. The Morgan fingerprint density at radius 1 is 0.812 bits per heavy atom. The molecule has 48 heavy (non-hydrogen) atoms. The van der Waals surface area contributed by atoms with Gasteiger partial charge in [0.15, 0.2) is 0 Å². The molecule has 0 saturated carbocycles. The van der Waals surface area contributed by atoms with E-state index in [1.807, 2.05) is 54.6 Å². The first-order valence-corrected chi connectivity index (χ1v) is 16.5. The smallest absolute Gasteiger partial charge is 0.407 e. The Hall–Kier alpha value is -4.53. The number of hydrogen-bond donors (Lipinski definition) is 5. The molecule has 3 rings (SSSR count). The number of hydrazine groups is 1. The second-order valence-electron chi connectivity index (χ2n) is 12.0. The van der Waals surface area contributed by atoms with E-state index in [1.165, 1.54) is 25.6 Å². The number of methoxy groups -OCH3 is 2. The maximum Gasteiger partial charge on any atom is 0.407 e. The molecule has 0 saturated heterocycles. The lowest BCUT2D eigenvalue weighted by molar-refractivity contribution is -0.131. The summed E-state index contributed by atoms with van der Waals surface area (Å²) in [6.45, 7) is 7.24. The Bertz CT molecular complexity index is 1450. The third-order valence-corrected chi connectivity index (χ3v) is 8.45. The van der Waals surface area contributed by atoms with Crippen LogP contribution in [0.2, 0.25) is 0 Å². The fourth-order valence-electron chi connectivity index (χ4n) is 4.95. The fourth-order valence-corrected chi connectivity index (χ4v) is 5.58. The number of carbonyl (C=O) groups excluding carboxylic acids is 4. The van der Waals surface area contributed by atoms with Gasteiger partial charge in [-0.1, -0.05) is 82.3 Å². The van der Waals surface area contributed by atoms with Gasteiger partial charge >= 0.3 is 12.2 Å². The van der Waals surface area contributed by atoms with Crippen LogP contribution in [0.4, 0.5) is 9.59 Å². The zero-order valence-electron chi connectivity index (χ0n) is 28.1. The number of carbonyl (C=O) groups is 4. The molecule has 0 aliphatic carbocycles. The second kappa shape index (κ2) is 18.7. The summed E-state index contributed by atoms with van der Waals surface area (Å²) in [5.74, 6) is -1.56. The molecule has 14 heteroatoms. The van der Waals surface area contributed by atoms with Gasteiger partial charge in [0.2, 0.25) is 5.91 Å². The summed E-state index contributed by atoms with van der Waals surface area (Å²) < 4.78 is 9.43. The van der Waals surface area contributed by atoms with Crippen LogP contribution in [0.5, 0.6) is 0 Å². The summed E-state index contributed by atoms with van der Waals surface area (Å²) in [6.07, 6.45) is -0.641. The van der Waals surface area contributed by atoms with Crippen molar-refractivity contribution in [2.24, 2.45) is 11.8 Å². The van der Waals surface area contributed by atoms with Crippen molar-refractivity contribution in [1.29, 1.82) is 0 Å². The molecule has 0 bridgehead atoms. The first-order valence-electron chi connectivity index (χ1n) is 15.7. The van der Waals surface area contributed by atoms with Crippen molar-refractivity contribution in [2.75, 3.05) is 20.8 Å². The van der Waals surface area contributed by atoms with Crippen molar-refractivity contribution in [3.63, 3.8) is 0 Å². The number of nitrogens with zero attached hydrogens (tertiary/aromatic N) is 2. The van der Waals surface area contributed by atoms with Crippen molar-refractivity contribution >= 4 is 35.3 Å². The van der Waals surface area contributed by atoms with Crippen molar-refractivity contribution in [3.8, 4) is 10.4 Å². The third kappa shape index (κ3) is 11.6. The molecule has 2 aromatic carbocycles. The van der Waals surface area contributed by atoms with E-state index in [0.717, 1.165) is 21.6 Å². The Labute approximate surface area is 285 Å². The largest absolute Gasteiger partial charge is 0.453 e. The van der Waals surface area contributed by atoms with Gasteiger partial charge in [-0.2, -0.15) is 0 Å². The number of aliphatic hydroxyl groups is 1. The number of amides is 4. The fraction of sp³-hybridized carbons (Fsp3) is 0.441. The molecule has 1 heterocycles. The van der Waals surface area contributed by atoms with E-state index >= 15 is 0 Å². The molecule has 5 N–H and O–H groups in total. The van der Waals surface area contributed by atoms with Crippen molar-refractivity contribution in [3.05, 3.63) is 77.4 Å². The summed E-state index contributed by atoms with van der Waals surface area (Å²) >= 11 is 1.52. The van der Waals surface area contributed by atoms with Crippen LogP contribution in [-0.2, 0) is 32.0 Å². The summed E-state index contributed by atoms with van der Waals surface area (Å²) in [7, 11) is 2.43. The minimum absolute atomic E-state index is 0.0973. The van der Waals surface area contributed by atoms with Gasteiger partial charge in [-0.3, -0.25) is 20.0 Å². The molecule has 1 aromatic heterocycles. The van der Waals surface area contributed by atoms with E-state index in [4.69, 9.17) is 9.47 Å². The van der Waals surface area contributed by atoms with Crippen LogP contribution in [0.25, 0.3) is 10.4 Å². The molecule has 0 fully saturated rings. The first-order chi connectivity index (χ1) is 22.9. The molecule has 0 aliphatic rings. The monoisotopic (exact) mass is 682 g/mol. The maximum absolute atomic E-state index is 13.5. The summed E-state index contributed by atoms with van der Waals surface area (Å²) in [5, 5.41) is 21.3. The number of alkyl carbamates (subject to hydrolysis) is 2. The van der Waals surface area contributed by atoms with E-state index in [0.29, 0.717) is 0 Å². The number of hydrogen-bond acceptors (Lipinski definition) is 10. The Morgan fingerprint density at radius 3 is 1.92 bits per heavy atom. The molecule has 0 radical (unpaired) electrons. The highest BCUT2D eigenvalue weighted by Gasteiger charge is 2.32. The van der Waals surface area contributed by atoms with Gasteiger partial charge in [0.1, 0.15) is 12.1 Å². The summed E-state index contributed by atoms with van der Waals surface area (Å²) in [6, 6.07) is 14.4. The van der Waals surface area contributed by atoms with E-state index in [9.17, 15) is 24.3 Å². The predicted octanol–water partition coefficient (Wildman–Crippen LogP) is 3.49. The van der Waals surface area contributed by atoms with Crippen molar-refractivity contribution in [2.45, 2.75) is 64.9 Å². The Morgan fingerprint density at radius 2 is 1.40 bits per heavy atom. The van der Waals surface area contributed by atoms with Crippen molar-refractivity contribution < 1.29 is 33.8 Å². The minimum atomic E-state index is -1.19. The van der Waals surface area contributed by atoms with Gasteiger partial charge in [0.25, 0.3) is 5.91 Å². The second-order valence-corrected chi connectivity index (χ2v) is 12.9. The molecule has 4 amide bonds. The number of thiazole rings is 1. The van der Waals surface area contributed by atoms with Crippen LogP contribution < -0.4 is 21.4 Å². The van der Waals surface area contributed by atoms with E-state index in [2.05, 4.69) is 26.4 Å². The number of nitrogens with one attached hydrogen (secondary N) is 4. The molecular weight excluding hydrogens is 636 g/mol. The minimum Gasteiger partial charge on any atom is -0.453 e. The molecule has 0 unspecified atom stereocenters. The summed E-state index contributed by atoms with van der Waals surface area (Å²) in [4.78, 5) is 56.2. The van der Waals surface area contributed by atoms with Gasteiger partial charge in [0.05, 0.1) is 36.8 Å². The highest BCUT2D eigenvalue weighted by molar-refractivity contribution is 7.13. The molecule has 13 nitrogen and oxygen atoms in total. The number of aromatic nitrogens is 1. The first kappa shape index (κ1) is 37.9. The lowest BCUT2D eigenvalue weighted by Gasteiger charge is -2.33. The van der Waals surface area contributed by atoms with Gasteiger partial charge in [-0.15, -0.1) is 11.3 Å². The lowest BCUT2D eigenvalue weighted by atomic mass is 9.98. The molecule has 4 atom stereocenters. The quantitative estimate of drug-likeness (QED) is 0.142. The maximum atomic E-state index is 13.5. The highest BCUT2D eigenvalue weighted by Crippen LogP contribution is 2.23. The van der Waals surface area contributed by atoms with Gasteiger partial charge in [-0.25, -0.2) is 14.6 Å². The normalized spacial score (nSPS) is 13.7. The van der Waals surface area contributed by atoms with Crippen LogP contribution in [0.15, 0.2) is 66.3 Å². The standard InChI is InChI=1S/C34H46N6O7S/c1-21(2)29(37-33(44)46-5)31(42)36-26(16-23-10-8-7-9-11-23)27(41)19-40(39-32(43)30(22(3)4)38-34(45)47-6)18-24-12-14-25(15-13-24)28-17-35-20-48-28/h7-15,17,20-22,26-27,29-30,41H,16,18-19H2,1-6H3,(H,36,42)(H,37,44)(H,38,45)(H,39,43)/t26-,27-,29-,30-/m0/s1. The third-order valence-electron chi connectivity index (χ3n) is 7.63. The van der Waals surface area contributed by atoms with Crippen LogP contribution in [0, 0.1) is 11.8 Å². The average Bonchev–Trinajstić information content (AvgIpc) is 3.61. The Balaban J connectivity index is 1.90. The van der Waals surface area contributed by atoms with Gasteiger partial charge < -0.3 is 30.5 Å². The predicted molar refractivity (Wildman–Crippen MR) is 183 cm³/mol. The lowest BCUT2D eigenvalue weighted by Crippen LogP contribution is -2.59. The average molecular weight is 683 g/mol. The van der Waals surface area contributed by atoms with Crippen molar-refractivity contribution in [1.82, 2.24) is 31.4 Å². The topological polar surface area (TPSA) is 171 Å². The van der Waals surface area contributed by atoms with Crippen LogP contribution in [0.3, 0.4) is 0 Å². The molecule has 260 valence electrons. The molecule has 0 spiro atoms. The van der Waals surface area contributed by atoms with E-state index in [1.54, 1.807) is 44.4 Å². The number of aliphatic hydroxyl groups excluding tert-OH is 1. The molecule has 3 aromatic rings. The number of benzene rings is 2. The highest BCUT2D eigenvalue weighted by atomic mass is 32.1. The van der Waals surface area contributed by atoms with Gasteiger partial charge in [-0.05, 0) is 34.9 Å². The van der Waals surface area contributed by atoms with E-state index < -0.39 is 48.2 Å². The number of rotatable bonds is 16. The molecule has 0 aliphatic heterocycles. The zero-order chi connectivity index (χ0) is 35.2. The van der Waals surface area contributed by atoms with E-state index in [-0.39, 0.29) is 31.3 Å². The molecular formula is C34H46N6O7S. The van der Waals surface area contributed by atoms with Gasteiger partial charge in [0, 0.05) is 19.3 Å². The number of ether oxygens (including phenoxy) is 2. The van der Waals surface area contributed by atoms with Crippen LogP contribution in [-0.4, -0.2) is 84.1 Å². The Kier molecular flexibility index (Phi) is 14.8. The zero-order valence-corrected chi connectivity index (χ0v) is 29.0. The van der Waals surface area contributed by atoms with Crippen LogP contribution >= 0.6 is 11.3 Å². The summed E-state index contributed by atoms with van der Waals surface area (Å²) in [5.41, 5.74) is 7.31.